The molecule has 1 atom stereocenters. The number of halogens is 2. The molecule has 1 amide bonds. The van der Waals surface area contributed by atoms with Crippen LogP contribution in [0, 0.1) is 0 Å². The van der Waals surface area contributed by atoms with Gasteiger partial charge in [0.2, 0.25) is 15.9 Å². The summed E-state index contributed by atoms with van der Waals surface area (Å²) in [5.74, 6) is -3.25. The molecule has 2 fully saturated rings. The van der Waals surface area contributed by atoms with Crippen molar-refractivity contribution < 1.29 is 22.0 Å². The van der Waals surface area contributed by atoms with Gasteiger partial charge < -0.3 is 4.90 Å². The molecule has 24 heavy (non-hydrogen) atoms. The van der Waals surface area contributed by atoms with Crippen LogP contribution in [0.25, 0.3) is 0 Å². The lowest BCUT2D eigenvalue weighted by atomic mass is 10.1. The summed E-state index contributed by atoms with van der Waals surface area (Å²) in [6.45, 7) is 0.229. The number of carbonyl (C=O) groups excluding carboxylic acids is 1. The molecule has 0 aromatic heterocycles. The Morgan fingerprint density at radius 3 is 2.29 bits per heavy atom. The van der Waals surface area contributed by atoms with Crippen molar-refractivity contribution in [2.75, 3.05) is 32.7 Å². The zero-order valence-electron chi connectivity index (χ0n) is 13.0. The van der Waals surface area contributed by atoms with E-state index in [9.17, 15) is 22.0 Å². The number of hydrogen-bond donors (Lipinski definition) is 1. The number of rotatable bonds is 3. The van der Waals surface area contributed by atoms with Crippen molar-refractivity contribution >= 4 is 15.9 Å². The number of nitrogens with zero attached hydrogens (tertiary/aromatic N) is 2. The lowest BCUT2D eigenvalue weighted by Crippen LogP contribution is -2.54. The van der Waals surface area contributed by atoms with Gasteiger partial charge in [0.1, 0.15) is 0 Å². The molecule has 3 rings (SSSR count). The van der Waals surface area contributed by atoms with Gasteiger partial charge >= 0.3 is 0 Å². The molecule has 0 bridgehead atoms. The minimum atomic E-state index is -3.59. The van der Waals surface area contributed by atoms with Crippen LogP contribution < -0.4 is 5.32 Å². The minimum Gasteiger partial charge on any atom is -0.339 e. The normalized spacial score (nSPS) is 24.9. The second-order valence-electron chi connectivity index (χ2n) is 6.04. The second kappa shape index (κ2) is 6.38. The molecule has 0 saturated carbocycles. The van der Waals surface area contributed by atoms with Crippen LogP contribution >= 0.6 is 0 Å². The van der Waals surface area contributed by atoms with Gasteiger partial charge in [-0.15, -0.1) is 0 Å². The van der Waals surface area contributed by atoms with Crippen LogP contribution in [0.4, 0.5) is 8.78 Å². The quantitative estimate of drug-likeness (QED) is 0.854. The summed E-state index contributed by atoms with van der Waals surface area (Å²) < 4.78 is 52.8. The van der Waals surface area contributed by atoms with Gasteiger partial charge in [-0.1, -0.05) is 18.2 Å². The van der Waals surface area contributed by atoms with Gasteiger partial charge in [0, 0.05) is 32.6 Å². The molecule has 0 spiro atoms. The molecule has 6 nitrogen and oxygen atoms in total. The molecule has 132 valence electrons. The molecule has 2 saturated heterocycles. The van der Waals surface area contributed by atoms with E-state index in [4.69, 9.17) is 0 Å². The molecule has 9 heteroatoms. The first-order chi connectivity index (χ1) is 11.3. The Balaban J connectivity index is 1.61. The van der Waals surface area contributed by atoms with Crippen LogP contribution in [0.1, 0.15) is 6.42 Å². The van der Waals surface area contributed by atoms with Crippen molar-refractivity contribution in [3.05, 3.63) is 30.3 Å². The van der Waals surface area contributed by atoms with Gasteiger partial charge in [0.05, 0.1) is 17.5 Å². The Labute approximate surface area is 139 Å². The van der Waals surface area contributed by atoms with Crippen molar-refractivity contribution in [2.24, 2.45) is 0 Å². The maximum Gasteiger partial charge on any atom is 0.262 e. The highest BCUT2D eigenvalue weighted by Gasteiger charge is 2.44. The van der Waals surface area contributed by atoms with Crippen molar-refractivity contribution in [2.45, 2.75) is 23.3 Å². The Hall–Kier alpha value is -1.58. The van der Waals surface area contributed by atoms with Crippen molar-refractivity contribution in [3.63, 3.8) is 0 Å². The summed E-state index contributed by atoms with van der Waals surface area (Å²) in [7, 11) is -3.59. The lowest BCUT2D eigenvalue weighted by Gasteiger charge is -2.35. The van der Waals surface area contributed by atoms with Crippen LogP contribution in [0.5, 0.6) is 0 Å². The third-order valence-electron chi connectivity index (χ3n) is 4.34. The molecule has 1 aromatic carbocycles. The van der Waals surface area contributed by atoms with E-state index in [-0.39, 0.29) is 37.0 Å². The molecule has 0 aliphatic carbocycles. The Bertz CT molecular complexity index is 704. The van der Waals surface area contributed by atoms with E-state index >= 15 is 0 Å². The highest BCUT2D eigenvalue weighted by molar-refractivity contribution is 7.89. The molecule has 2 aliphatic heterocycles. The van der Waals surface area contributed by atoms with Crippen LogP contribution in [0.15, 0.2) is 35.2 Å². The first-order valence-electron chi connectivity index (χ1n) is 7.75. The Morgan fingerprint density at radius 2 is 1.75 bits per heavy atom. The largest absolute Gasteiger partial charge is 0.339 e. The average molecular weight is 359 g/mol. The van der Waals surface area contributed by atoms with E-state index in [0.29, 0.717) is 0 Å². The zero-order valence-corrected chi connectivity index (χ0v) is 13.8. The van der Waals surface area contributed by atoms with Gasteiger partial charge in [-0.2, -0.15) is 4.31 Å². The summed E-state index contributed by atoms with van der Waals surface area (Å²) in [5, 5.41) is 2.54. The number of carbonyl (C=O) groups is 1. The summed E-state index contributed by atoms with van der Waals surface area (Å²) in [6, 6.07) is 7.20. The fourth-order valence-electron chi connectivity index (χ4n) is 3.00. The number of alkyl halides is 2. The molecule has 1 aromatic rings. The van der Waals surface area contributed by atoms with E-state index in [1.807, 2.05) is 0 Å². The second-order valence-corrected chi connectivity index (χ2v) is 7.97. The predicted molar refractivity (Wildman–Crippen MR) is 83.1 cm³/mol. The van der Waals surface area contributed by atoms with E-state index in [1.54, 1.807) is 18.2 Å². The number of sulfonamides is 1. The number of hydrogen-bond acceptors (Lipinski definition) is 4. The predicted octanol–water partition coefficient (Wildman–Crippen LogP) is 0.517. The van der Waals surface area contributed by atoms with Gasteiger partial charge in [0.15, 0.2) is 0 Å². The van der Waals surface area contributed by atoms with Gasteiger partial charge in [-0.25, -0.2) is 17.2 Å². The minimum absolute atomic E-state index is 0.159. The van der Waals surface area contributed by atoms with Gasteiger partial charge in [-0.3, -0.25) is 10.1 Å². The number of piperazine rings is 1. The van der Waals surface area contributed by atoms with Crippen molar-refractivity contribution in [1.82, 2.24) is 14.5 Å². The highest BCUT2D eigenvalue weighted by atomic mass is 32.2. The van der Waals surface area contributed by atoms with Crippen LogP contribution in [-0.4, -0.2) is 68.2 Å². The number of benzene rings is 1. The average Bonchev–Trinajstić information content (AvgIpc) is 2.95. The standard InChI is InChI=1S/C15H19F2N3O3S/c16-15(17)10-13(18-11-15)14(21)19-6-8-20(9-7-19)24(22,23)12-4-2-1-3-5-12/h1-5,13,18H,6-11H2. The molecule has 1 unspecified atom stereocenters. The van der Waals surface area contributed by atoms with E-state index < -0.39 is 35.0 Å². The monoisotopic (exact) mass is 359 g/mol. The van der Waals surface area contributed by atoms with Crippen LogP contribution in [-0.2, 0) is 14.8 Å². The third kappa shape index (κ3) is 3.42. The van der Waals surface area contributed by atoms with E-state index in [2.05, 4.69) is 5.32 Å². The molecule has 0 radical (unpaired) electrons. The smallest absolute Gasteiger partial charge is 0.262 e. The SMILES string of the molecule is O=C(C1CC(F)(F)CN1)N1CCN(S(=O)(=O)c2ccccc2)CC1. The van der Waals surface area contributed by atoms with Crippen molar-refractivity contribution in [1.29, 1.82) is 0 Å². The molecular weight excluding hydrogens is 340 g/mol. The molecule has 2 heterocycles. The van der Waals surface area contributed by atoms with Gasteiger partial charge in [-0.05, 0) is 12.1 Å². The maximum absolute atomic E-state index is 13.2. The lowest BCUT2D eigenvalue weighted by molar-refractivity contribution is -0.134. The van der Waals surface area contributed by atoms with Gasteiger partial charge in [0.25, 0.3) is 5.92 Å². The Kier molecular flexibility index (Phi) is 4.58. The first-order valence-corrected chi connectivity index (χ1v) is 9.19. The molecule has 1 N–H and O–H groups in total. The highest BCUT2D eigenvalue weighted by Crippen LogP contribution is 2.26. The number of amides is 1. The fraction of sp³-hybridized carbons (Fsp3) is 0.533. The third-order valence-corrected chi connectivity index (χ3v) is 6.25. The fourth-order valence-corrected chi connectivity index (χ4v) is 4.44. The Morgan fingerprint density at radius 1 is 1.12 bits per heavy atom. The molecular formula is C15H19F2N3O3S. The summed E-state index contributed by atoms with van der Waals surface area (Å²) in [6.07, 6.45) is -0.506. The van der Waals surface area contributed by atoms with Crippen LogP contribution in [0.2, 0.25) is 0 Å². The number of nitrogens with one attached hydrogen (secondary N) is 1. The van der Waals surface area contributed by atoms with Crippen LogP contribution in [0.3, 0.4) is 0 Å². The van der Waals surface area contributed by atoms with E-state index in [0.717, 1.165) is 0 Å². The van der Waals surface area contributed by atoms with E-state index in [1.165, 1.54) is 21.3 Å². The molecule has 2 aliphatic rings. The van der Waals surface area contributed by atoms with Crippen molar-refractivity contribution in [3.8, 4) is 0 Å². The topological polar surface area (TPSA) is 69.7 Å². The maximum atomic E-state index is 13.2. The summed E-state index contributed by atoms with van der Waals surface area (Å²) in [4.78, 5) is 13.9. The zero-order chi connectivity index (χ0) is 17.4. The first kappa shape index (κ1) is 17.2. The summed E-state index contributed by atoms with van der Waals surface area (Å²) in [5.41, 5.74) is 0. The summed E-state index contributed by atoms with van der Waals surface area (Å²) >= 11 is 0.